The summed E-state index contributed by atoms with van der Waals surface area (Å²) in [6.07, 6.45) is 2.16. The summed E-state index contributed by atoms with van der Waals surface area (Å²) in [5.74, 6) is 0. The van der Waals surface area contributed by atoms with E-state index in [2.05, 4.69) is 95.5 Å². The van der Waals surface area contributed by atoms with Crippen molar-refractivity contribution in [3.05, 3.63) is 91.1 Å². The minimum Gasteiger partial charge on any atom is -0.315 e. The molecule has 1 heteroatoms. The third-order valence-electron chi connectivity index (χ3n) is 4.58. The molecule has 0 fully saturated rings. The Labute approximate surface area is 134 Å². The second-order valence-corrected chi connectivity index (χ2v) is 5.91. The summed E-state index contributed by atoms with van der Waals surface area (Å²) in [5.41, 5.74) is 5.06. The SMILES string of the molecule is c1ccc(-c2cc3ccc4ccccc4c3n3cccc23)cc1. The largest absolute Gasteiger partial charge is 0.315 e. The van der Waals surface area contributed by atoms with Crippen LogP contribution in [-0.2, 0) is 0 Å². The van der Waals surface area contributed by atoms with Crippen LogP contribution in [-0.4, -0.2) is 4.40 Å². The minimum atomic E-state index is 1.25. The molecule has 0 aliphatic carbocycles. The normalized spacial score (nSPS) is 11.5. The van der Waals surface area contributed by atoms with Crippen molar-refractivity contribution in [1.29, 1.82) is 0 Å². The van der Waals surface area contributed by atoms with Crippen molar-refractivity contribution >= 4 is 27.2 Å². The fourth-order valence-corrected chi connectivity index (χ4v) is 3.53. The second kappa shape index (κ2) is 4.72. The van der Waals surface area contributed by atoms with Gasteiger partial charge in [0.2, 0.25) is 0 Å². The molecule has 0 amide bonds. The lowest BCUT2D eigenvalue weighted by Gasteiger charge is -2.12. The zero-order valence-corrected chi connectivity index (χ0v) is 12.6. The summed E-state index contributed by atoms with van der Waals surface area (Å²) < 4.78 is 2.32. The summed E-state index contributed by atoms with van der Waals surface area (Å²) >= 11 is 0. The van der Waals surface area contributed by atoms with E-state index in [4.69, 9.17) is 0 Å². The van der Waals surface area contributed by atoms with Gasteiger partial charge in [0.05, 0.1) is 11.0 Å². The highest BCUT2D eigenvalue weighted by atomic mass is 14.9. The highest BCUT2D eigenvalue weighted by molar-refractivity contribution is 6.08. The van der Waals surface area contributed by atoms with Crippen molar-refractivity contribution in [3.63, 3.8) is 0 Å². The van der Waals surface area contributed by atoms with E-state index in [9.17, 15) is 0 Å². The van der Waals surface area contributed by atoms with Crippen LogP contribution in [0.4, 0.5) is 0 Å². The average molecular weight is 293 g/mol. The Morgan fingerprint density at radius 3 is 2.30 bits per heavy atom. The first-order chi connectivity index (χ1) is 11.4. The number of hydrogen-bond donors (Lipinski definition) is 0. The average Bonchev–Trinajstić information content (AvgIpc) is 3.11. The second-order valence-electron chi connectivity index (χ2n) is 5.91. The van der Waals surface area contributed by atoms with Crippen LogP contribution in [0, 0.1) is 0 Å². The predicted octanol–water partition coefficient (Wildman–Crippen LogP) is 5.91. The van der Waals surface area contributed by atoms with Crippen molar-refractivity contribution in [3.8, 4) is 11.1 Å². The molecule has 2 aromatic heterocycles. The quantitative estimate of drug-likeness (QED) is 0.338. The van der Waals surface area contributed by atoms with Gasteiger partial charge >= 0.3 is 0 Å². The number of pyridine rings is 1. The zero-order valence-electron chi connectivity index (χ0n) is 12.6. The summed E-state index contributed by atoms with van der Waals surface area (Å²) in [4.78, 5) is 0. The maximum Gasteiger partial charge on any atom is 0.0606 e. The molecule has 0 saturated carbocycles. The topological polar surface area (TPSA) is 4.41 Å². The molecule has 5 rings (SSSR count). The lowest BCUT2D eigenvalue weighted by atomic mass is 10.0. The van der Waals surface area contributed by atoms with Crippen molar-refractivity contribution in [2.24, 2.45) is 0 Å². The fourth-order valence-electron chi connectivity index (χ4n) is 3.53. The van der Waals surface area contributed by atoms with Gasteiger partial charge in [-0.25, -0.2) is 0 Å². The Morgan fingerprint density at radius 1 is 0.609 bits per heavy atom. The molecular formula is C22H15N. The van der Waals surface area contributed by atoms with Gasteiger partial charge in [0, 0.05) is 17.1 Å². The molecule has 2 heterocycles. The Hall–Kier alpha value is -3.06. The molecular weight excluding hydrogens is 278 g/mol. The third kappa shape index (κ3) is 1.80. The molecule has 23 heavy (non-hydrogen) atoms. The van der Waals surface area contributed by atoms with Gasteiger partial charge in [0.1, 0.15) is 0 Å². The number of benzene rings is 3. The molecule has 5 aromatic rings. The minimum absolute atomic E-state index is 1.25. The van der Waals surface area contributed by atoms with Gasteiger partial charge < -0.3 is 4.40 Å². The van der Waals surface area contributed by atoms with Crippen LogP contribution in [0.2, 0.25) is 0 Å². The smallest absolute Gasteiger partial charge is 0.0606 e. The highest BCUT2D eigenvalue weighted by Crippen LogP contribution is 2.33. The predicted molar refractivity (Wildman–Crippen MR) is 97.8 cm³/mol. The Morgan fingerprint density at radius 2 is 1.39 bits per heavy atom. The maximum atomic E-state index is 2.32. The van der Waals surface area contributed by atoms with Crippen LogP contribution >= 0.6 is 0 Å². The van der Waals surface area contributed by atoms with E-state index in [1.54, 1.807) is 0 Å². The maximum absolute atomic E-state index is 2.32. The van der Waals surface area contributed by atoms with E-state index in [1.165, 1.54) is 38.3 Å². The van der Waals surface area contributed by atoms with E-state index < -0.39 is 0 Å². The van der Waals surface area contributed by atoms with E-state index in [-0.39, 0.29) is 0 Å². The molecule has 0 spiro atoms. The van der Waals surface area contributed by atoms with E-state index in [1.807, 2.05) is 0 Å². The summed E-state index contributed by atoms with van der Waals surface area (Å²) in [7, 11) is 0. The molecule has 0 aliphatic rings. The van der Waals surface area contributed by atoms with Gasteiger partial charge in [-0.1, -0.05) is 66.7 Å². The Bertz CT molecular complexity index is 1150. The number of rotatable bonds is 1. The van der Waals surface area contributed by atoms with Gasteiger partial charge in [-0.05, 0) is 34.5 Å². The lowest BCUT2D eigenvalue weighted by molar-refractivity contribution is 1.28. The van der Waals surface area contributed by atoms with Gasteiger partial charge in [-0.2, -0.15) is 0 Å². The molecule has 0 radical (unpaired) electrons. The van der Waals surface area contributed by atoms with Crippen molar-refractivity contribution in [1.82, 2.24) is 4.40 Å². The number of nitrogens with zero attached hydrogens (tertiary/aromatic N) is 1. The van der Waals surface area contributed by atoms with Crippen molar-refractivity contribution in [2.75, 3.05) is 0 Å². The summed E-state index contributed by atoms with van der Waals surface area (Å²) in [6, 6.07) is 30.3. The summed E-state index contributed by atoms with van der Waals surface area (Å²) in [5, 5.41) is 3.85. The highest BCUT2D eigenvalue weighted by Gasteiger charge is 2.10. The molecule has 0 unspecified atom stereocenters. The molecule has 108 valence electrons. The van der Waals surface area contributed by atoms with Crippen LogP contribution in [0.25, 0.3) is 38.3 Å². The molecule has 1 nitrogen and oxygen atoms in total. The van der Waals surface area contributed by atoms with Crippen LogP contribution in [0.15, 0.2) is 91.1 Å². The molecule has 0 saturated heterocycles. The first kappa shape index (κ1) is 12.5. The standard InChI is InChI=1S/C22H15N/c1-2-7-16(8-3-1)20-15-18-13-12-17-9-4-5-10-19(17)22(18)23-14-6-11-21(20)23/h1-15H. The van der Waals surface area contributed by atoms with Crippen LogP contribution in [0.3, 0.4) is 0 Å². The van der Waals surface area contributed by atoms with Crippen molar-refractivity contribution in [2.45, 2.75) is 0 Å². The van der Waals surface area contributed by atoms with Crippen LogP contribution < -0.4 is 0 Å². The molecule has 0 N–H and O–H groups in total. The fraction of sp³-hybridized carbons (Fsp3) is 0. The van der Waals surface area contributed by atoms with E-state index in [0.717, 1.165) is 0 Å². The van der Waals surface area contributed by atoms with Crippen LogP contribution in [0.5, 0.6) is 0 Å². The molecule has 3 aromatic carbocycles. The van der Waals surface area contributed by atoms with Crippen molar-refractivity contribution < 1.29 is 0 Å². The molecule has 0 bridgehead atoms. The molecule has 0 aliphatic heterocycles. The lowest BCUT2D eigenvalue weighted by Crippen LogP contribution is -1.91. The Balaban J connectivity index is 2.00. The van der Waals surface area contributed by atoms with Gasteiger partial charge in [-0.15, -0.1) is 0 Å². The van der Waals surface area contributed by atoms with Crippen LogP contribution in [0.1, 0.15) is 0 Å². The van der Waals surface area contributed by atoms with E-state index >= 15 is 0 Å². The molecule has 0 atom stereocenters. The number of hydrogen-bond acceptors (Lipinski definition) is 0. The number of aromatic nitrogens is 1. The summed E-state index contributed by atoms with van der Waals surface area (Å²) in [6.45, 7) is 0. The zero-order chi connectivity index (χ0) is 15.2. The van der Waals surface area contributed by atoms with Gasteiger partial charge in [-0.3, -0.25) is 0 Å². The first-order valence-electron chi connectivity index (χ1n) is 7.89. The van der Waals surface area contributed by atoms with Gasteiger partial charge in [0.25, 0.3) is 0 Å². The monoisotopic (exact) mass is 293 g/mol. The first-order valence-corrected chi connectivity index (χ1v) is 7.89. The van der Waals surface area contributed by atoms with Gasteiger partial charge in [0.15, 0.2) is 0 Å². The van der Waals surface area contributed by atoms with E-state index in [0.29, 0.717) is 0 Å². The Kier molecular flexibility index (Phi) is 2.56. The number of fused-ring (bicyclic) bond motifs is 5. The third-order valence-corrected chi connectivity index (χ3v) is 4.58.